The molecule has 3 saturated carbocycles. The summed E-state index contributed by atoms with van der Waals surface area (Å²) < 4.78 is 2.10. The molecule has 12 heteroatoms. The fraction of sp³-hybridized carbons (Fsp3) is 0.432. The average molecular weight is 659 g/mol. The number of carbonyl (C=O) groups excluding carboxylic acids is 4. The van der Waals surface area contributed by atoms with Gasteiger partial charge in [0.25, 0.3) is 5.91 Å². The zero-order valence-corrected chi connectivity index (χ0v) is 27.2. The van der Waals surface area contributed by atoms with Crippen molar-refractivity contribution in [3.8, 4) is 11.3 Å². The van der Waals surface area contributed by atoms with Crippen molar-refractivity contribution >= 4 is 34.7 Å². The first kappa shape index (κ1) is 30.1. The molecule has 0 spiro atoms. The summed E-state index contributed by atoms with van der Waals surface area (Å²) in [5.74, 6) is -0.835. The van der Waals surface area contributed by atoms with Crippen LogP contribution in [0, 0.1) is 5.41 Å². The zero-order chi connectivity index (χ0) is 33.3. The molecular weight excluding hydrogens is 620 g/mol. The van der Waals surface area contributed by atoms with E-state index in [0.29, 0.717) is 37.5 Å². The van der Waals surface area contributed by atoms with Crippen LogP contribution in [-0.4, -0.2) is 77.8 Å². The van der Waals surface area contributed by atoms with Gasteiger partial charge in [0.1, 0.15) is 6.04 Å². The molecule has 0 radical (unpaired) electrons. The number of hydrogen-bond donors (Lipinski definition) is 2. The van der Waals surface area contributed by atoms with Gasteiger partial charge in [0.05, 0.1) is 35.2 Å². The van der Waals surface area contributed by atoms with Gasteiger partial charge in [0.15, 0.2) is 0 Å². The highest BCUT2D eigenvalue weighted by Crippen LogP contribution is 2.71. The summed E-state index contributed by atoms with van der Waals surface area (Å²) in [5, 5.41) is 10.1. The van der Waals surface area contributed by atoms with Crippen LogP contribution in [0.1, 0.15) is 78.9 Å². The fourth-order valence-corrected chi connectivity index (χ4v) is 9.17. The Morgan fingerprint density at radius 2 is 1.78 bits per heavy atom. The summed E-state index contributed by atoms with van der Waals surface area (Å²) in [7, 11) is 0. The van der Waals surface area contributed by atoms with Crippen LogP contribution in [0.4, 0.5) is 0 Å². The number of likely N-dealkylation sites (tertiary alicyclic amines) is 1. The molecule has 49 heavy (non-hydrogen) atoms. The van der Waals surface area contributed by atoms with Crippen LogP contribution < -0.4 is 10.6 Å². The summed E-state index contributed by atoms with van der Waals surface area (Å²) in [5.41, 5.74) is 6.32. The van der Waals surface area contributed by atoms with Gasteiger partial charge in [-0.15, -0.1) is 0 Å². The number of carbonyl (C=O) groups is 4. The molecule has 2 saturated heterocycles. The van der Waals surface area contributed by atoms with E-state index in [1.807, 2.05) is 48.8 Å². The summed E-state index contributed by atoms with van der Waals surface area (Å²) in [6.07, 6.45) is 12.3. The second kappa shape index (κ2) is 11.3. The second-order valence-electron chi connectivity index (χ2n) is 14.8. The summed E-state index contributed by atoms with van der Waals surface area (Å²) >= 11 is 0. The van der Waals surface area contributed by atoms with E-state index in [0.717, 1.165) is 78.6 Å². The number of imide groups is 1. The first-order valence-corrected chi connectivity index (χ1v) is 17.3. The Hall–Kier alpha value is -4.97. The second-order valence-corrected chi connectivity index (χ2v) is 14.8. The van der Waals surface area contributed by atoms with Crippen LogP contribution in [0.3, 0.4) is 0 Å². The van der Waals surface area contributed by atoms with Crippen molar-refractivity contribution in [1.82, 2.24) is 40.2 Å². The largest absolute Gasteiger partial charge is 0.352 e. The van der Waals surface area contributed by atoms with E-state index in [4.69, 9.17) is 10.1 Å². The van der Waals surface area contributed by atoms with E-state index >= 15 is 0 Å². The Morgan fingerprint density at radius 1 is 0.980 bits per heavy atom. The number of nitrogens with one attached hydrogen (secondary N) is 2. The Bertz CT molecular complexity index is 2010. The third-order valence-corrected chi connectivity index (χ3v) is 11.6. The molecule has 250 valence electrons. The Balaban J connectivity index is 0.740. The third-order valence-electron chi connectivity index (χ3n) is 11.6. The lowest BCUT2D eigenvalue weighted by Crippen LogP contribution is -2.75. The van der Waals surface area contributed by atoms with Crippen molar-refractivity contribution in [2.45, 2.75) is 82.1 Å². The number of fused-ring (bicyclic) bond motifs is 2. The Morgan fingerprint density at radius 3 is 2.57 bits per heavy atom. The van der Waals surface area contributed by atoms with Crippen molar-refractivity contribution in [1.29, 1.82) is 0 Å². The molecule has 3 aliphatic carbocycles. The monoisotopic (exact) mass is 658 g/mol. The number of amides is 4. The van der Waals surface area contributed by atoms with Gasteiger partial charge in [-0.2, -0.15) is 5.10 Å². The predicted octanol–water partition coefficient (Wildman–Crippen LogP) is 3.52. The molecule has 5 fully saturated rings. The molecule has 4 amide bonds. The van der Waals surface area contributed by atoms with Gasteiger partial charge in [-0.25, -0.2) is 4.98 Å². The van der Waals surface area contributed by atoms with E-state index < -0.39 is 11.9 Å². The lowest BCUT2D eigenvalue weighted by Gasteiger charge is -2.74. The van der Waals surface area contributed by atoms with E-state index in [9.17, 15) is 19.2 Å². The summed E-state index contributed by atoms with van der Waals surface area (Å²) in [4.78, 5) is 63.4. The van der Waals surface area contributed by atoms with Crippen LogP contribution in [0.5, 0.6) is 0 Å². The van der Waals surface area contributed by atoms with Gasteiger partial charge in [0, 0.05) is 61.9 Å². The van der Waals surface area contributed by atoms with Crippen molar-refractivity contribution in [3.05, 3.63) is 77.7 Å². The van der Waals surface area contributed by atoms with Gasteiger partial charge in [-0.3, -0.25) is 39.1 Å². The molecule has 2 aromatic carbocycles. The van der Waals surface area contributed by atoms with Crippen LogP contribution >= 0.6 is 0 Å². The quantitative estimate of drug-likeness (QED) is 0.274. The first-order chi connectivity index (χ1) is 23.8. The number of benzene rings is 2. The number of hydrogen-bond acceptors (Lipinski definition) is 8. The maximum absolute atomic E-state index is 13.0. The Kier molecular flexibility index (Phi) is 6.94. The van der Waals surface area contributed by atoms with Crippen molar-refractivity contribution in [3.63, 3.8) is 0 Å². The van der Waals surface area contributed by atoms with Gasteiger partial charge in [-0.1, -0.05) is 24.3 Å². The molecule has 12 nitrogen and oxygen atoms in total. The van der Waals surface area contributed by atoms with E-state index in [1.54, 1.807) is 11.0 Å². The predicted molar refractivity (Wildman–Crippen MR) is 179 cm³/mol. The lowest BCUT2D eigenvalue weighted by atomic mass is 9.37. The highest BCUT2D eigenvalue weighted by molar-refractivity contribution is 6.05. The van der Waals surface area contributed by atoms with E-state index in [2.05, 4.69) is 31.4 Å². The highest BCUT2D eigenvalue weighted by atomic mass is 16.2. The van der Waals surface area contributed by atoms with Crippen molar-refractivity contribution in [2.75, 3.05) is 13.1 Å². The van der Waals surface area contributed by atoms with Gasteiger partial charge in [-0.05, 0) is 73.3 Å². The number of nitrogens with zero attached hydrogens (tertiary/aromatic N) is 6. The van der Waals surface area contributed by atoms with Crippen molar-refractivity contribution < 1.29 is 19.2 Å². The van der Waals surface area contributed by atoms with Gasteiger partial charge in [0.2, 0.25) is 17.7 Å². The number of aromatic nitrogens is 4. The lowest BCUT2D eigenvalue weighted by molar-refractivity contribution is -0.227. The molecule has 2 N–H and O–H groups in total. The van der Waals surface area contributed by atoms with E-state index in [1.165, 1.54) is 0 Å². The molecule has 6 aliphatic rings. The maximum Gasteiger partial charge on any atom is 0.255 e. The van der Waals surface area contributed by atoms with Crippen LogP contribution in [-0.2, 0) is 27.5 Å². The molecule has 2 bridgehead atoms. The minimum Gasteiger partial charge on any atom is -0.352 e. The van der Waals surface area contributed by atoms with Gasteiger partial charge >= 0.3 is 0 Å². The fourth-order valence-electron chi connectivity index (χ4n) is 9.17. The SMILES string of the molecule is O=C(CC12CC(N3CCC(n4cc(-c5cnc6ccccc6n5)cn4)CC3)(C1)C2)NCc1ccc2c(c1)CN(C1CCC(=O)NC1=O)C2=O. The number of piperidine rings is 2. The molecule has 1 unspecified atom stereocenters. The summed E-state index contributed by atoms with van der Waals surface area (Å²) in [6, 6.07) is 13.2. The molecule has 1 atom stereocenters. The molecule has 3 aliphatic heterocycles. The zero-order valence-electron chi connectivity index (χ0n) is 27.2. The number of rotatable bonds is 8. The highest BCUT2D eigenvalue weighted by Gasteiger charge is 2.70. The smallest absolute Gasteiger partial charge is 0.255 e. The van der Waals surface area contributed by atoms with Gasteiger partial charge < -0.3 is 10.2 Å². The average Bonchev–Trinajstić information content (AvgIpc) is 3.70. The topological polar surface area (TPSA) is 142 Å². The molecule has 5 heterocycles. The van der Waals surface area contributed by atoms with Crippen LogP contribution in [0.15, 0.2) is 61.1 Å². The van der Waals surface area contributed by atoms with Crippen LogP contribution in [0.25, 0.3) is 22.3 Å². The maximum atomic E-state index is 13.0. The summed E-state index contributed by atoms with van der Waals surface area (Å²) in [6.45, 7) is 2.81. The minimum absolute atomic E-state index is 0.0688. The molecule has 2 aromatic heterocycles. The van der Waals surface area contributed by atoms with Crippen molar-refractivity contribution in [2.24, 2.45) is 5.41 Å². The normalized spacial score (nSPS) is 26.7. The molecule has 10 rings (SSSR count). The molecular formula is C37H38N8O4. The Labute approximate surface area is 283 Å². The molecule has 4 aromatic rings. The van der Waals surface area contributed by atoms with E-state index in [-0.39, 0.29) is 35.1 Å². The van der Waals surface area contributed by atoms with Crippen LogP contribution in [0.2, 0.25) is 0 Å². The third kappa shape index (κ3) is 5.20. The number of para-hydroxylation sites is 2. The minimum atomic E-state index is -0.634. The first-order valence-electron chi connectivity index (χ1n) is 17.3. The standard InChI is InChI=1S/C37H38N8O4/c46-32-8-7-31(34(48)42-32)44-18-24-13-23(5-6-27(24)35(44)49)15-39-33(47)14-36-20-37(21-36,22-36)43-11-9-26(10-12-43)45-19-25(16-40-45)30-17-38-28-3-1-2-4-29(28)41-30/h1-6,13,16-17,19,26,31H,7-12,14-15,18,20-22H2,(H,39,47)(H,42,46,48).